The number of aromatic nitrogens is 1. The van der Waals surface area contributed by atoms with Crippen LogP contribution < -0.4 is 10.1 Å². The molecule has 0 bridgehead atoms. The van der Waals surface area contributed by atoms with Gasteiger partial charge in [0.15, 0.2) is 0 Å². The van der Waals surface area contributed by atoms with Crippen LogP contribution in [0.2, 0.25) is 10.0 Å². The third-order valence-electron chi connectivity index (χ3n) is 2.57. The van der Waals surface area contributed by atoms with Crippen LogP contribution in [0.4, 0.5) is 0 Å². The Morgan fingerprint density at radius 3 is 2.63 bits per heavy atom. The van der Waals surface area contributed by atoms with Crippen LogP contribution in [0.25, 0.3) is 0 Å². The van der Waals surface area contributed by atoms with Crippen molar-refractivity contribution in [2.24, 2.45) is 0 Å². The Kier molecular flexibility index (Phi) is 5.02. The van der Waals surface area contributed by atoms with Gasteiger partial charge in [0.1, 0.15) is 6.61 Å². The average Bonchev–Trinajstić information content (AvgIpc) is 2.41. The molecule has 1 aromatic heterocycles. The molecule has 2 aromatic rings. The molecule has 0 aliphatic rings. The molecule has 0 atom stereocenters. The van der Waals surface area contributed by atoms with E-state index in [0.29, 0.717) is 29.1 Å². The highest BCUT2D eigenvalue weighted by Crippen LogP contribution is 2.20. The number of hydrogen-bond acceptors (Lipinski definition) is 3. The van der Waals surface area contributed by atoms with Gasteiger partial charge in [-0.15, -0.1) is 0 Å². The Labute approximate surface area is 122 Å². The maximum Gasteiger partial charge on any atom is 0.213 e. The third kappa shape index (κ3) is 3.83. The third-order valence-corrected chi connectivity index (χ3v) is 3.28. The first-order valence-electron chi connectivity index (χ1n) is 5.87. The molecule has 3 nitrogen and oxygen atoms in total. The van der Waals surface area contributed by atoms with Gasteiger partial charge >= 0.3 is 0 Å². The summed E-state index contributed by atoms with van der Waals surface area (Å²) >= 11 is 12.1. The molecule has 1 heterocycles. The fraction of sp³-hybridized carbons (Fsp3) is 0.214. The molecule has 0 unspecified atom stereocenters. The standard InChI is InChI=1S/C14H14Cl2N2O/c1-17-8-13-12(16)6-7-14(18-13)19-9-10-4-2-3-5-11(10)15/h2-7,17H,8-9H2,1H3. The predicted molar refractivity (Wildman–Crippen MR) is 77.8 cm³/mol. The first kappa shape index (κ1) is 14.1. The van der Waals surface area contributed by atoms with Crippen LogP contribution in [0.1, 0.15) is 11.3 Å². The van der Waals surface area contributed by atoms with Crippen molar-refractivity contribution < 1.29 is 4.74 Å². The van der Waals surface area contributed by atoms with Gasteiger partial charge < -0.3 is 10.1 Å². The first-order chi connectivity index (χ1) is 9.20. The summed E-state index contributed by atoms with van der Waals surface area (Å²) in [6.45, 7) is 0.982. The monoisotopic (exact) mass is 296 g/mol. The lowest BCUT2D eigenvalue weighted by atomic mass is 10.2. The molecule has 0 saturated carbocycles. The van der Waals surface area contributed by atoms with E-state index in [4.69, 9.17) is 27.9 Å². The van der Waals surface area contributed by atoms with E-state index < -0.39 is 0 Å². The molecule has 0 fully saturated rings. The SMILES string of the molecule is CNCc1nc(OCc2ccccc2Cl)ccc1Cl. The molecule has 0 radical (unpaired) electrons. The summed E-state index contributed by atoms with van der Waals surface area (Å²) in [6, 6.07) is 11.1. The number of rotatable bonds is 5. The summed E-state index contributed by atoms with van der Waals surface area (Å²) in [5.74, 6) is 0.537. The molecule has 1 aromatic carbocycles. The maximum absolute atomic E-state index is 6.07. The van der Waals surface area contributed by atoms with E-state index in [-0.39, 0.29) is 0 Å². The van der Waals surface area contributed by atoms with Gasteiger partial charge in [-0.05, 0) is 19.2 Å². The number of ether oxygens (including phenoxy) is 1. The lowest BCUT2D eigenvalue weighted by molar-refractivity contribution is 0.293. The van der Waals surface area contributed by atoms with Crippen molar-refractivity contribution in [3.63, 3.8) is 0 Å². The van der Waals surface area contributed by atoms with E-state index >= 15 is 0 Å². The van der Waals surface area contributed by atoms with Crippen molar-refractivity contribution >= 4 is 23.2 Å². The summed E-state index contributed by atoms with van der Waals surface area (Å²) in [5, 5.41) is 4.32. The second-order valence-corrected chi connectivity index (χ2v) is 4.80. The van der Waals surface area contributed by atoms with Crippen LogP contribution in [0.3, 0.4) is 0 Å². The highest BCUT2D eigenvalue weighted by molar-refractivity contribution is 6.31. The topological polar surface area (TPSA) is 34.2 Å². The lowest BCUT2D eigenvalue weighted by Gasteiger charge is -2.09. The Bertz CT molecular complexity index is 561. The maximum atomic E-state index is 6.07. The lowest BCUT2D eigenvalue weighted by Crippen LogP contribution is -2.08. The normalized spacial score (nSPS) is 10.5. The minimum atomic E-state index is 0.382. The highest BCUT2D eigenvalue weighted by atomic mass is 35.5. The van der Waals surface area contributed by atoms with E-state index in [0.717, 1.165) is 11.3 Å². The van der Waals surface area contributed by atoms with Gasteiger partial charge in [0.2, 0.25) is 5.88 Å². The van der Waals surface area contributed by atoms with Crippen molar-refractivity contribution in [2.45, 2.75) is 13.2 Å². The van der Waals surface area contributed by atoms with Crippen LogP contribution in [-0.4, -0.2) is 12.0 Å². The molecule has 0 amide bonds. The van der Waals surface area contributed by atoms with Gasteiger partial charge in [-0.25, -0.2) is 4.98 Å². The minimum Gasteiger partial charge on any atom is -0.473 e. The molecule has 0 spiro atoms. The van der Waals surface area contributed by atoms with Gasteiger partial charge in [0, 0.05) is 23.2 Å². The number of pyridine rings is 1. The summed E-state index contributed by atoms with van der Waals surface area (Å²) in [5.41, 5.74) is 1.69. The summed E-state index contributed by atoms with van der Waals surface area (Å²) < 4.78 is 5.63. The predicted octanol–water partition coefficient (Wildman–Crippen LogP) is 3.69. The van der Waals surface area contributed by atoms with E-state index in [1.54, 1.807) is 12.1 Å². The Morgan fingerprint density at radius 2 is 1.89 bits per heavy atom. The van der Waals surface area contributed by atoms with E-state index in [9.17, 15) is 0 Å². The molecule has 1 N–H and O–H groups in total. The summed E-state index contributed by atoms with van der Waals surface area (Å²) in [6.07, 6.45) is 0. The van der Waals surface area contributed by atoms with Gasteiger partial charge in [0.25, 0.3) is 0 Å². The molecule has 2 rings (SSSR count). The van der Waals surface area contributed by atoms with Gasteiger partial charge in [0.05, 0.1) is 10.7 Å². The average molecular weight is 297 g/mol. The van der Waals surface area contributed by atoms with E-state index in [1.165, 1.54) is 0 Å². The second-order valence-electron chi connectivity index (χ2n) is 3.99. The molecule has 19 heavy (non-hydrogen) atoms. The molecule has 0 aliphatic heterocycles. The van der Waals surface area contributed by atoms with Crippen molar-refractivity contribution in [1.82, 2.24) is 10.3 Å². The minimum absolute atomic E-state index is 0.382. The smallest absolute Gasteiger partial charge is 0.213 e. The van der Waals surface area contributed by atoms with Crippen molar-refractivity contribution in [2.75, 3.05) is 7.05 Å². The first-order valence-corrected chi connectivity index (χ1v) is 6.62. The Morgan fingerprint density at radius 1 is 1.11 bits per heavy atom. The fourth-order valence-electron chi connectivity index (χ4n) is 1.60. The van der Waals surface area contributed by atoms with Gasteiger partial charge in [-0.2, -0.15) is 0 Å². The van der Waals surface area contributed by atoms with Crippen LogP contribution in [0.15, 0.2) is 36.4 Å². The zero-order chi connectivity index (χ0) is 13.7. The largest absolute Gasteiger partial charge is 0.473 e. The number of nitrogens with zero attached hydrogens (tertiary/aromatic N) is 1. The molecular formula is C14H14Cl2N2O. The summed E-state index contributed by atoms with van der Waals surface area (Å²) in [7, 11) is 1.84. The molecule has 5 heteroatoms. The van der Waals surface area contributed by atoms with E-state index in [1.807, 2.05) is 31.3 Å². The van der Waals surface area contributed by atoms with Crippen LogP contribution in [-0.2, 0) is 13.2 Å². The van der Waals surface area contributed by atoms with Crippen LogP contribution in [0.5, 0.6) is 5.88 Å². The quantitative estimate of drug-likeness (QED) is 0.914. The zero-order valence-corrected chi connectivity index (χ0v) is 12.0. The van der Waals surface area contributed by atoms with Crippen molar-refractivity contribution in [3.8, 4) is 5.88 Å². The molecule has 100 valence electrons. The fourth-order valence-corrected chi connectivity index (χ4v) is 1.97. The van der Waals surface area contributed by atoms with Gasteiger partial charge in [-0.1, -0.05) is 41.4 Å². The Hall–Kier alpha value is -1.29. The number of benzene rings is 1. The van der Waals surface area contributed by atoms with Gasteiger partial charge in [-0.3, -0.25) is 0 Å². The molecule has 0 saturated heterocycles. The highest BCUT2D eigenvalue weighted by Gasteiger charge is 2.05. The van der Waals surface area contributed by atoms with Crippen LogP contribution in [0, 0.1) is 0 Å². The second kappa shape index (κ2) is 6.75. The zero-order valence-electron chi connectivity index (χ0n) is 10.5. The number of nitrogens with one attached hydrogen (secondary N) is 1. The number of hydrogen-bond donors (Lipinski definition) is 1. The van der Waals surface area contributed by atoms with E-state index in [2.05, 4.69) is 10.3 Å². The van der Waals surface area contributed by atoms with Crippen molar-refractivity contribution in [1.29, 1.82) is 0 Å². The van der Waals surface area contributed by atoms with Crippen LogP contribution >= 0.6 is 23.2 Å². The summed E-state index contributed by atoms with van der Waals surface area (Å²) in [4.78, 5) is 4.35. The Balaban J connectivity index is 2.07. The van der Waals surface area contributed by atoms with Crippen molar-refractivity contribution in [3.05, 3.63) is 57.7 Å². The number of halogens is 2. The molecule has 0 aliphatic carbocycles. The molecular weight excluding hydrogens is 283 g/mol.